The van der Waals surface area contributed by atoms with Crippen molar-refractivity contribution in [1.82, 2.24) is 4.72 Å². The van der Waals surface area contributed by atoms with E-state index in [1.54, 1.807) is 13.8 Å². The van der Waals surface area contributed by atoms with Gasteiger partial charge < -0.3 is 0 Å². The molecule has 1 aromatic carbocycles. The van der Waals surface area contributed by atoms with Crippen LogP contribution in [0, 0.1) is 15.9 Å². The number of nitrogens with one attached hydrogen (secondary N) is 1. The molecule has 0 saturated heterocycles. The van der Waals surface area contributed by atoms with Gasteiger partial charge in [-0.2, -0.15) is 4.39 Å². The zero-order chi connectivity index (χ0) is 13.2. The van der Waals surface area contributed by atoms with Crippen molar-refractivity contribution in [2.75, 3.05) is 0 Å². The van der Waals surface area contributed by atoms with Gasteiger partial charge in [0.1, 0.15) is 0 Å². The van der Waals surface area contributed by atoms with Crippen LogP contribution in [0.4, 0.5) is 10.1 Å². The van der Waals surface area contributed by atoms with Crippen LogP contribution in [0.5, 0.6) is 0 Å². The second kappa shape index (κ2) is 4.76. The first kappa shape index (κ1) is 13.5. The van der Waals surface area contributed by atoms with E-state index in [2.05, 4.69) is 4.72 Å². The molecule has 0 aromatic heterocycles. The fraction of sp³-hybridized carbons (Fsp3) is 0.333. The molecule has 0 aliphatic heterocycles. The maximum absolute atomic E-state index is 13.0. The Morgan fingerprint density at radius 1 is 1.41 bits per heavy atom. The van der Waals surface area contributed by atoms with Gasteiger partial charge in [0.2, 0.25) is 15.8 Å². The number of hydrogen-bond donors (Lipinski definition) is 1. The quantitative estimate of drug-likeness (QED) is 0.656. The summed E-state index contributed by atoms with van der Waals surface area (Å²) >= 11 is 0. The number of sulfonamides is 1. The molecule has 0 unspecified atom stereocenters. The Balaban J connectivity index is 3.25. The van der Waals surface area contributed by atoms with Crippen LogP contribution in [0.25, 0.3) is 0 Å². The van der Waals surface area contributed by atoms with Crippen LogP contribution in [0.3, 0.4) is 0 Å². The van der Waals surface area contributed by atoms with Gasteiger partial charge in [0.05, 0.1) is 9.82 Å². The van der Waals surface area contributed by atoms with Gasteiger partial charge in [0.25, 0.3) is 0 Å². The van der Waals surface area contributed by atoms with Crippen molar-refractivity contribution < 1.29 is 17.7 Å². The Bertz CT molecular complexity index is 542. The highest BCUT2D eigenvalue weighted by Crippen LogP contribution is 2.21. The molecule has 0 spiro atoms. The second-order valence-electron chi connectivity index (χ2n) is 3.65. The van der Waals surface area contributed by atoms with E-state index < -0.39 is 26.5 Å². The molecule has 0 fully saturated rings. The van der Waals surface area contributed by atoms with Crippen LogP contribution in [-0.4, -0.2) is 19.4 Å². The first-order valence-electron chi connectivity index (χ1n) is 4.70. The summed E-state index contributed by atoms with van der Waals surface area (Å²) in [6.45, 7) is 3.21. The normalized spacial score (nSPS) is 11.8. The minimum atomic E-state index is -3.85. The van der Waals surface area contributed by atoms with E-state index >= 15 is 0 Å². The molecule has 0 heterocycles. The number of nitrogens with zero attached hydrogens (tertiary/aromatic N) is 1. The summed E-state index contributed by atoms with van der Waals surface area (Å²) in [4.78, 5) is 9.17. The van der Waals surface area contributed by atoms with Gasteiger partial charge in [-0.15, -0.1) is 0 Å². The van der Waals surface area contributed by atoms with Gasteiger partial charge in [-0.25, -0.2) is 13.1 Å². The Hall–Kier alpha value is -1.54. The zero-order valence-electron chi connectivity index (χ0n) is 9.18. The van der Waals surface area contributed by atoms with Gasteiger partial charge in [-0.3, -0.25) is 10.1 Å². The molecule has 0 atom stereocenters. The fourth-order valence-electron chi connectivity index (χ4n) is 1.18. The highest BCUT2D eigenvalue weighted by atomic mass is 32.2. The number of nitro benzene ring substituents is 1. The van der Waals surface area contributed by atoms with E-state index in [1.807, 2.05) is 0 Å². The lowest BCUT2D eigenvalue weighted by Crippen LogP contribution is -2.30. The molecular formula is C9H11FN2O4S. The molecule has 1 N–H and O–H groups in total. The fourth-order valence-corrected chi connectivity index (χ4v) is 2.45. The third-order valence-electron chi connectivity index (χ3n) is 1.82. The lowest BCUT2D eigenvalue weighted by Gasteiger charge is -2.09. The molecule has 8 heteroatoms. The molecule has 17 heavy (non-hydrogen) atoms. The Kier molecular flexibility index (Phi) is 3.79. The molecule has 6 nitrogen and oxygen atoms in total. The smallest absolute Gasteiger partial charge is 0.258 e. The predicted octanol–water partition coefficient (Wildman–Crippen LogP) is 1.42. The lowest BCUT2D eigenvalue weighted by atomic mass is 10.3. The third-order valence-corrected chi connectivity index (χ3v) is 3.47. The number of rotatable bonds is 4. The van der Waals surface area contributed by atoms with Crippen molar-refractivity contribution in [1.29, 1.82) is 0 Å². The zero-order valence-corrected chi connectivity index (χ0v) is 9.99. The number of hydrogen-bond acceptors (Lipinski definition) is 4. The van der Waals surface area contributed by atoms with Gasteiger partial charge in [-0.1, -0.05) is 0 Å². The first-order valence-corrected chi connectivity index (χ1v) is 6.18. The molecule has 0 radical (unpaired) electrons. The van der Waals surface area contributed by atoms with Crippen LogP contribution in [0.1, 0.15) is 13.8 Å². The maximum Gasteiger partial charge on any atom is 0.306 e. The molecular weight excluding hydrogens is 251 g/mol. The van der Waals surface area contributed by atoms with Crippen LogP contribution in [-0.2, 0) is 10.0 Å². The molecule has 1 rings (SSSR count). The second-order valence-corrected chi connectivity index (χ2v) is 5.36. The lowest BCUT2D eigenvalue weighted by molar-refractivity contribution is -0.387. The van der Waals surface area contributed by atoms with Gasteiger partial charge in [0, 0.05) is 12.1 Å². The number of nitro groups is 1. The van der Waals surface area contributed by atoms with Crippen molar-refractivity contribution in [3.05, 3.63) is 34.1 Å². The SMILES string of the molecule is CC(C)NS(=O)(=O)c1ccc(F)c([N+](=O)[O-])c1. The monoisotopic (exact) mass is 262 g/mol. The minimum absolute atomic E-state index is 0.334. The van der Waals surface area contributed by atoms with Crippen molar-refractivity contribution in [2.45, 2.75) is 24.8 Å². The van der Waals surface area contributed by atoms with E-state index in [1.165, 1.54) is 0 Å². The van der Waals surface area contributed by atoms with Crippen molar-refractivity contribution >= 4 is 15.7 Å². The number of benzene rings is 1. The number of halogens is 1. The topological polar surface area (TPSA) is 89.3 Å². The van der Waals surface area contributed by atoms with Gasteiger partial charge >= 0.3 is 5.69 Å². The van der Waals surface area contributed by atoms with Crippen LogP contribution in [0.2, 0.25) is 0 Å². The van der Waals surface area contributed by atoms with Crippen molar-refractivity contribution in [3.63, 3.8) is 0 Å². The maximum atomic E-state index is 13.0. The molecule has 94 valence electrons. The summed E-state index contributed by atoms with van der Waals surface area (Å²) in [5.41, 5.74) is -0.864. The van der Waals surface area contributed by atoms with E-state index in [9.17, 15) is 22.9 Å². The Morgan fingerprint density at radius 2 is 2.00 bits per heavy atom. The highest BCUT2D eigenvalue weighted by molar-refractivity contribution is 7.89. The summed E-state index contributed by atoms with van der Waals surface area (Å²) in [5, 5.41) is 10.5. The van der Waals surface area contributed by atoms with E-state index in [4.69, 9.17) is 0 Å². The molecule has 0 bridgehead atoms. The van der Waals surface area contributed by atoms with E-state index in [-0.39, 0.29) is 10.9 Å². The summed E-state index contributed by atoms with van der Waals surface area (Å²) in [5.74, 6) is -1.07. The first-order chi connectivity index (χ1) is 7.74. The molecule has 1 aromatic rings. The third kappa shape index (κ3) is 3.21. The van der Waals surface area contributed by atoms with Crippen molar-refractivity contribution in [2.24, 2.45) is 0 Å². The van der Waals surface area contributed by atoms with Crippen molar-refractivity contribution in [3.8, 4) is 0 Å². The largest absolute Gasteiger partial charge is 0.306 e. The predicted molar refractivity (Wildman–Crippen MR) is 58.5 cm³/mol. The molecule has 0 aliphatic rings. The highest BCUT2D eigenvalue weighted by Gasteiger charge is 2.21. The summed E-state index contributed by atoms with van der Waals surface area (Å²) < 4.78 is 38.6. The summed E-state index contributed by atoms with van der Waals surface area (Å²) in [7, 11) is -3.85. The van der Waals surface area contributed by atoms with Crippen LogP contribution >= 0.6 is 0 Å². The Labute approximate surface area is 97.7 Å². The Morgan fingerprint density at radius 3 is 2.47 bits per heavy atom. The minimum Gasteiger partial charge on any atom is -0.258 e. The summed E-state index contributed by atoms with van der Waals surface area (Å²) in [6, 6.07) is 2.07. The summed E-state index contributed by atoms with van der Waals surface area (Å²) in [6.07, 6.45) is 0. The van der Waals surface area contributed by atoms with Gasteiger partial charge in [-0.05, 0) is 26.0 Å². The molecule has 0 amide bonds. The van der Waals surface area contributed by atoms with E-state index in [0.717, 1.165) is 12.1 Å². The average Bonchev–Trinajstić information content (AvgIpc) is 2.15. The standard InChI is InChI=1S/C9H11FN2O4S/c1-6(2)11-17(15,16)7-3-4-8(10)9(5-7)12(13)14/h3-6,11H,1-2H3. The van der Waals surface area contributed by atoms with Crippen LogP contribution < -0.4 is 4.72 Å². The molecule has 0 aliphatic carbocycles. The van der Waals surface area contributed by atoms with Crippen LogP contribution in [0.15, 0.2) is 23.1 Å². The van der Waals surface area contributed by atoms with E-state index in [0.29, 0.717) is 6.07 Å². The average molecular weight is 262 g/mol. The van der Waals surface area contributed by atoms with Gasteiger partial charge in [0.15, 0.2) is 0 Å². The molecule has 0 saturated carbocycles.